The molecule has 0 spiro atoms. The predicted octanol–water partition coefficient (Wildman–Crippen LogP) is 2.43. The lowest BCUT2D eigenvalue weighted by Gasteiger charge is -2.22. The topological polar surface area (TPSA) is 48.4 Å². The van der Waals surface area contributed by atoms with Gasteiger partial charge in [0.1, 0.15) is 0 Å². The molecule has 0 amide bonds. The van der Waals surface area contributed by atoms with Crippen LogP contribution in [0, 0.1) is 0 Å². The number of aromatic nitrogens is 1. The molecule has 1 aromatic heterocycles. The van der Waals surface area contributed by atoms with Gasteiger partial charge >= 0.3 is 5.97 Å². The van der Waals surface area contributed by atoms with Gasteiger partial charge in [-0.05, 0) is 38.3 Å². The Kier molecular flexibility index (Phi) is 4.70. The minimum Gasteiger partial charge on any atom is -0.466 e. The maximum absolute atomic E-state index is 11.4. The number of rotatable bonds is 4. The van der Waals surface area contributed by atoms with Gasteiger partial charge in [0, 0.05) is 6.61 Å². The fourth-order valence-electron chi connectivity index (χ4n) is 2.11. The van der Waals surface area contributed by atoms with Crippen LogP contribution in [0.3, 0.4) is 0 Å². The Balaban J connectivity index is 2.02. The highest BCUT2D eigenvalue weighted by molar-refractivity contribution is 5.71. The second kappa shape index (κ2) is 6.50. The second-order valence-corrected chi connectivity index (χ2v) is 4.39. The monoisotopic (exact) mass is 249 g/mol. The minimum absolute atomic E-state index is 0.0842. The zero-order chi connectivity index (χ0) is 12.8. The quantitative estimate of drug-likeness (QED) is 0.769. The molecular formula is C14H19NO3. The summed E-state index contributed by atoms with van der Waals surface area (Å²) in [5.41, 5.74) is 1.68. The Morgan fingerprint density at radius 2 is 2.39 bits per heavy atom. The zero-order valence-electron chi connectivity index (χ0n) is 10.7. The van der Waals surface area contributed by atoms with Crippen molar-refractivity contribution in [2.45, 2.75) is 38.7 Å². The highest BCUT2D eigenvalue weighted by Crippen LogP contribution is 2.26. The van der Waals surface area contributed by atoms with E-state index in [2.05, 4.69) is 4.98 Å². The molecule has 4 nitrogen and oxygen atoms in total. The van der Waals surface area contributed by atoms with Crippen LogP contribution in [-0.4, -0.2) is 24.2 Å². The largest absolute Gasteiger partial charge is 0.466 e. The Morgan fingerprint density at radius 1 is 1.50 bits per heavy atom. The molecule has 1 atom stereocenters. The van der Waals surface area contributed by atoms with Crippen LogP contribution >= 0.6 is 0 Å². The highest BCUT2D eigenvalue weighted by Gasteiger charge is 2.17. The minimum atomic E-state index is -0.230. The van der Waals surface area contributed by atoms with Gasteiger partial charge < -0.3 is 9.47 Å². The molecule has 0 bridgehead atoms. The van der Waals surface area contributed by atoms with Crippen LogP contribution in [0.15, 0.2) is 18.2 Å². The standard InChI is InChI=1S/C14H19NO3/c1-2-17-14(16)10-11-6-5-7-12(15-11)13-8-3-4-9-18-13/h5-7,13H,2-4,8-10H2,1H3. The van der Waals surface area contributed by atoms with E-state index in [4.69, 9.17) is 9.47 Å². The maximum Gasteiger partial charge on any atom is 0.311 e. The van der Waals surface area contributed by atoms with Gasteiger partial charge in [0.15, 0.2) is 0 Å². The third kappa shape index (κ3) is 3.53. The molecule has 2 rings (SSSR count). The Morgan fingerprint density at radius 3 is 3.11 bits per heavy atom. The van der Waals surface area contributed by atoms with Crippen molar-refractivity contribution < 1.29 is 14.3 Å². The summed E-state index contributed by atoms with van der Waals surface area (Å²) < 4.78 is 10.6. The molecule has 0 aliphatic carbocycles. The van der Waals surface area contributed by atoms with Gasteiger partial charge in [-0.25, -0.2) is 0 Å². The molecule has 1 unspecified atom stereocenters. The molecule has 1 saturated heterocycles. The fourth-order valence-corrected chi connectivity index (χ4v) is 2.11. The first-order chi connectivity index (χ1) is 8.79. The van der Waals surface area contributed by atoms with E-state index in [1.807, 2.05) is 18.2 Å². The number of hydrogen-bond acceptors (Lipinski definition) is 4. The lowest BCUT2D eigenvalue weighted by atomic mass is 10.1. The van der Waals surface area contributed by atoms with Crippen molar-refractivity contribution in [1.29, 1.82) is 0 Å². The van der Waals surface area contributed by atoms with Crippen LogP contribution < -0.4 is 0 Å². The average molecular weight is 249 g/mol. The summed E-state index contributed by atoms with van der Waals surface area (Å²) in [6.07, 6.45) is 3.62. The molecule has 1 aliphatic rings. The van der Waals surface area contributed by atoms with Gasteiger partial charge in [0.2, 0.25) is 0 Å². The molecule has 1 fully saturated rings. The van der Waals surface area contributed by atoms with Crippen LogP contribution in [0.4, 0.5) is 0 Å². The van der Waals surface area contributed by atoms with Gasteiger partial charge in [-0.15, -0.1) is 0 Å². The van der Waals surface area contributed by atoms with Gasteiger partial charge in [-0.1, -0.05) is 6.07 Å². The van der Waals surface area contributed by atoms with Crippen molar-refractivity contribution in [3.8, 4) is 0 Å². The van der Waals surface area contributed by atoms with E-state index in [1.54, 1.807) is 6.92 Å². The summed E-state index contributed by atoms with van der Waals surface area (Å²) in [5, 5.41) is 0. The number of carbonyl (C=O) groups is 1. The van der Waals surface area contributed by atoms with E-state index in [-0.39, 0.29) is 18.5 Å². The number of ether oxygens (including phenoxy) is 2. The van der Waals surface area contributed by atoms with E-state index < -0.39 is 0 Å². The third-order valence-electron chi connectivity index (χ3n) is 2.97. The van der Waals surface area contributed by atoms with Gasteiger partial charge in [0.25, 0.3) is 0 Å². The van der Waals surface area contributed by atoms with Crippen molar-refractivity contribution >= 4 is 5.97 Å². The summed E-state index contributed by atoms with van der Waals surface area (Å²) in [7, 11) is 0. The van der Waals surface area contributed by atoms with Gasteiger partial charge in [-0.3, -0.25) is 9.78 Å². The van der Waals surface area contributed by atoms with Crippen molar-refractivity contribution in [2.24, 2.45) is 0 Å². The highest BCUT2D eigenvalue weighted by atomic mass is 16.5. The maximum atomic E-state index is 11.4. The second-order valence-electron chi connectivity index (χ2n) is 4.39. The van der Waals surface area contributed by atoms with Crippen LogP contribution in [0.1, 0.15) is 43.7 Å². The molecule has 2 heterocycles. The summed E-state index contributed by atoms with van der Waals surface area (Å²) in [4.78, 5) is 15.9. The Hall–Kier alpha value is -1.42. The molecule has 0 saturated carbocycles. The molecule has 1 aromatic rings. The van der Waals surface area contributed by atoms with E-state index in [0.717, 1.165) is 30.8 Å². The lowest BCUT2D eigenvalue weighted by molar-refractivity contribution is -0.142. The number of pyridine rings is 1. The molecule has 4 heteroatoms. The van der Waals surface area contributed by atoms with E-state index in [1.165, 1.54) is 6.42 Å². The summed E-state index contributed by atoms with van der Waals surface area (Å²) >= 11 is 0. The Labute approximate surface area is 107 Å². The first-order valence-corrected chi connectivity index (χ1v) is 6.52. The van der Waals surface area contributed by atoms with Crippen molar-refractivity contribution in [1.82, 2.24) is 4.98 Å². The third-order valence-corrected chi connectivity index (χ3v) is 2.97. The number of hydrogen-bond donors (Lipinski definition) is 0. The molecule has 0 aromatic carbocycles. The first-order valence-electron chi connectivity index (χ1n) is 6.52. The van der Waals surface area contributed by atoms with Crippen LogP contribution in [-0.2, 0) is 20.7 Å². The first kappa shape index (κ1) is 13.0. The van der Waals surface area contributed by atoms with Gasteiger partial charge in [0.05, 0.1) is 30.5 Å². The summed E-state index contributed by atoms with van der Waals surface area (Å²) in [6, 6.07) is 5.74. The summed E-state index contributed by atoms with van der Waals surface area (Å²) in [5.74, 6) is -0.230. The smallest absolute Gasteiger partial charge is 0.311 e. The Bertz CT molecular complexity index is 400. The normalized spacial score (nSPS) is 19.5. The molecule has 1 aliphatic heterocycles. The summed E-state index contributed by atoms with van der Waals surface area (Å²) in [6.45, 7) is 3.01. The van der Waals surface area contributed by atoms with E-state index in [9.17, 15) is 4.79 Å². The van der Waals surface area contributed by atoms with Crippen LogP contribution in [0.5, 0.6) is 0 Å². The predicted molar refractivity (Wildman–Crippen MR) is 67.1 cm³/mol. The number of carbonyl (C=O) groups excluding carboxylic acids is 1. The zero-order valence-corrected chi connectivity index (χ0v) is 10.7. The van der Waals surface area contributed by atoms with Crippen molar-refractivity contribution in [2.75, 3.05) is 13.2 Å². The fraction of sp³-hybridized carbons (Fsp3) is 0.571. The number of esters is 1. The van der Waals surface area contributed by atoms with E-state index >= 15 is 0 Å². The van der Waals surface area contributed by atoms with Crippen LogP contribution in [0.2, 0.25) is 0 Å². The SMILES string of the molecule is CCOC(=O)Cc1cccc(C2CCCCO2)n1. The molecular weight excluding hydrogens is 230 g/mol. The molecule has 18 heavy (non-hydrogen) atoms. The van der Waals surface area contributed by atoms with Gasteiger partial charge in [-0.2, -0.15) is 0 Å². The van der Waals surface area contributed by atoms with E-state index in [0.29, 0.717) is 6.61 Å². The van der Waals surface area contributed by atoms with Crippen molar-refractivity contribution in [3.63, 3.8) is 0 Å². The molecule has 0 radical (unpaired) electrons. The van der Waals surface area contributed by atoms with Crippen LogP contribution in [0.25, 0.3) is 0 Å². The number of nitrogens with zero attached hydrogens (tertiary/aromatic N) is 1. The molecule has 98 valence electrons. The molecule has 0 N–H and O–H groups in total. The van der Waals surface area contributed by atoms with Crippen molar-refractivity contribution in [3.05, 3.63) is 29.6 Å². The average Bonchev–Trinajstić information content (AvgIpc) is 2.40. The lowest BCUT2D eigenvalue weighted by Crippen LogP contribution is -2.14.